The third-order valence-corrected chi connectivity index (χ3v) is 3.57. The minimum Gasteiger partial charge on any atom is -0.367 e. The average Bonchev–Trinajstić information content (AvgIpc) is 2.53. The second-order valence-corrected chi connectivity index (χ2v) is 5.33. The van der Waals surface area contributed by atoms with Gasteiger partial charge in [0, 0.05) is 19.1 Å². The van der Waals surface area contributed by atoms with Crippen LogP contribution < -0.4 is 21.7 Å². The summed E-state index contributed by atoms with van der Waals surface area (Å²) in [5.74, 6) is -0.0837. The number of carbonyl (C=O) groups excluding carboxylic acids is 2. The lowest BCUT2D eigenvalue weighted by atomic mass is 9.96. The number of hydrogen-bond acceptors (Lipinski definition) is 5. The van der Waals surface area contributed by atoms with Crippen molar-refractivity contribution in [1.82, 2.24) is 20.8 Å². The normalized spacial score (nSPS) is 15.1. The zero-order chi connectivity index (χ0) is 15.8. The van der Waals surface area contributed by atoms with Crippen LogP contribution in [0, 0.1) is 0 Å². The van der Waals surface area contributed by atoms with Crippen molar-refractivity contribution >= 4 is 17.8 Å². The fourth-order valence-corrected chi connectivity index (χ4v) is 2.41. The highest BCUT2D eigenvalue weighted by Gasteiger charge is 2.14. The van der Waals surface area contributed by atoms with Crippen molar-refractivity contribution < 1.29 is 9.59 Å². The van der Waals surface area contributed by atoms with E-state index in [1.54, 1.807) is 6.07 Å². The Bertz CT molecular complexity index is 499. The molecule has 1 aliphatic rings. The highest BCUT2D eigenvalue weighted by Crippen LogP contribution is 2.17. The van der Waals surface area contributed by atoms with Crippen LogP contribution in [-0.4, -0.2) is 41.3 Å². The van der Waals surface area contributed by atoms with Crippen molar-refractivity contribution in [2.75, 3.05) is 18.4 Å². The molecular weight excluding hydrogens is 284 g/mol. The van der Waals surface area contributed by atoms with Crippen molar-refractivity contribution in [3.8, 4) is 0 Å². The van der Waals surface area contributed by atoms with Gasteiger partial charge in [0.15, 0.2) is 5.69 Å². The molecule has 1 saturated carbocycles. The van der Waals surface area contributed by atoms with Crippen LogP contribution in [0.1, 0.15) is 42.6 Å². The molecule has 1 aromatic heterocycles. The van der Waals surface area contributed by atoms with E-state index in [9.17, 15) is 9.59 Å². The Morgan fingerprint density at radius 2 is 1.91 bits per heavy atom. The molecule has 1 aliphatic carbocycles. The Morgan fingerprint density at radius 1 is 1.14 bits per heavy atom. The third kappa shape index (κ3) is 5.19. The van der Waals surface area contributed by atoms with E-state index in [1.165, 1.54) is 25.3 Å². The molecule has 1 fully saturated rings. The fraction of sp³-hybridized carbons (Fsp3) is 0.571. The standard InChI is InChI=1S/C14H22N6O2/c15-13(21)11-6-7-12(20-19-11)16-8-9-17-14(22)18-10-4-2-1-3-5-10/h6-7,10H,1-5,8-9H2,(H2,15,21)(H,16,20)(H2,17,18,22). The number of hydrogen-bond donors (Lipinski definition) is 4. The number of amides is 3. The van der Waals surface area contributed by atoms with Gasteiger partial charge in [-0.3, -0.25) is 4.79 Å². The molecule has 8 nitrogen and oxygen atoms in total. The lowest BCUT2D eigenvalue weighted by molar-refractivity contribution is 0.0994. The molecule has 1 heterocycles. The summed E-state index contributed by atoms with van der Waals surface area (Å²) in [4.78, 5) is 22.6. The first-order valence-corrected chi connectivity index (χ1v) is 7.57. The summed E-state index contributed by atoms with van der Waals surface area (Å²) in [6, 6.07) is 3.29. The number of urea groups is 1. The van der Waals surface area contributed by atoms with Gasteiger partial charge in [0.2, 0.25) is 0 Å². The van der Waals surface area contributed by atoms with E-state index < -0.39 is 5.91 Å². The van der Waals surface area contributed by atoms with E-state index in [2.05, 4.69) is 26.1 Å². The van der Waals surface area contributed by atoms with Gasteiger partial charge >= 0.3 is 6.03 Å². The van der Waals surface area contributed by atoms with E-state index in [4.69, 9.17) is 5.73 Å². The van der Waals surface area contributed by atoms with Crippen molar-refractivity contribution in [2.24, 2.45) is 5.73 Å². The van der Waals surface area contributed by atoms with Crippen LogP contribution in [0.3, 0.4) is 0 Å². The summed E-state index contributed by atoms with van der Waals surface area (Å²) in [7, 11) is 0. The molecule has 22 heavy (non-hydrogen) atoms. The number of nitrogens with zero attached hydrogens (tertiary/aromatic N) is 2. The molecule has 0 spiro atoms. The topological polar surface area (TPSA) is 122 Å². The molecule has 0 bridgehead atoms. The highest BCUT2D eigenvalue weighted by atomic mass is 16.2. The molecule has 0 unspecified atom stereocenters. The van der Waals surface area contributed by atoms with Gasteiger partial charge in [0.25, 0.3) is 5.91 Å². The second kappa shape index (κ2) is 8.16. The molecule has 0 aromatic carbocycles. The Hall–Kier alpha value is -2.38. The largest absolute Gasteiger partial charge is 0.367 e. The Balaban J connectivity index is 1.61. The molecule has 0 saturated heterocycles. The summed E-state index contributed by atoms with van der Waals surface area (Å²) in [5, 5.41) is 16.3. The molecule has 2 rings (SSSR count). The summed E-state index contributed by atoms with van der Waals surface area (Å²) >= 11 is 0. The van der Waals surface area contributed by atoms with Crippen LogP contribution in [0.2, 0.25) is 0 Å². The zero-order valence-electron chi connectivity index (χ0n) is 12.5. The number of aromatic nitrogens is 2. The summed E-state index contributed by atoms with van der Waals surface area (Å²) in [6.45, 7) is 0.987. The molecule has 0 atom stereocenters. The number of carbonyl (C=O) groups is 2. The number of nitrogens with one attached hydrogen (secondary N) is 3. The first kappa shape index (κ1) is 16.0. The monoisotopic (exact) mass is 306 g/mol. The van der Waals surface area contributed by atoms with Crippen LogP contribution in [-0.2, 0) is 0 Å². The van der Waals surface area contributed by atoms with Gasteiger partial charge < -0.3 is 21.7 Å². The number of primary amides is 1. The maximum atomic E-state index is 11.7. The molecule has 0 radical (unpaired) electrons. The molecule has 1 aromatic rings. The van der Waals surface area contributed by atoms with Crippen LogP contribution >= 0.6 is 0 Å². The van der Waals surface area contributed by atoms with E-state index in [0.29, 0.717) is 24.9 Å². The van der Waals surface area contributed by atoms with Crippen LogP contribution in [0.25, 0.3) is 0 Å². The van der Waals surface area contributed by atoms with Gasteiger partial charge in [-0.1, -0.05) is 19.3 Å². The van der Waals surface area contributed by atoms with Crippen LogP contribution in [0.15, 0.2) is 12.1 Å². The van der Waals surface area contributed by atoms with Crippen LogP contribution in [0.4, 0.5) is 10.6 Å². The van der Waals surface area contributed by atoms with E-state index in [-0.39, 0.29) is 11.7 Å². The Kier molecular flexibility index (Phi) is 5.93. The summed E-state index contributed by atoms with van der Waals surface area (Å²) in [5.41, 5.74) is 5.20. The third-order valence-electron chi connectivity index (χ3n) is 3.57. The molecule has 8 heteroatoms. The SMILES string of the molecule is NC(=O)c1ccc(NCCNC(=O)NC2CCCCC2)nn1. The second-order valence-electron chi connectivity index (χ2n) is 5.33. The fourth-order valence-electron chi connectivity index (χ4n) is 2.41. The van der Waals surface area contributed by atoms with Crippen molar-refractivity contribution in [3.05, 3.63) is 17.8 Å². The number of anilines is 1. The van der Waals surface area contributed by atoms with Gasteiger partial charge in [-0.2, -0.15) is 0 Å². The molecular formula is C14H22N6O2. The van der Waals surface area contributed by atoms with Gasteiger partial charge in [0.1, 0.15) is 5.82 Å². The first-order valence-electron chi connectivity index (χ1n) is 7.57. The minimum atomic E-state index is -0.611. The molecule has 3 amide bonds. The van der Waals surface area contributed by atoms with Gasteiger partial charge in [-0.15, -0.1) is 10.2 Å². The highest BCUT2D eigenvalue weighted by molar-refractivity contribution is 5.90. The predicted molar refractivity (Wildman–Crippen MR) is 82.4 cm³/mol. The van der Waals surface area contributed by atoms with Crippen molar-refractivity contribution in [2.45, 2.75) is 38.1 Å². The lowest BCUT2D eigenvalue weighted by Gasteiger charge is -2.22. The van der Waals surface area contributed by atoms with Crippen molar-refractivity contribution in [3.63, 3.8) is 0 Å². The quantitative estimate of drug-likeness (QED) is 0.574. The maximum absolute atomic E-state index is 11.7. The first-order chi connectivity index (χ1) is 10.6. The minimum absolute atomic E-state index is 0.121. The maximum Gasteiger partial charge on any atom is 0.315 e. The molecule has 5 N–H and O–H groups in total. The van der Waals surface area contributed by atoms with E-state index in [1.807, 2.05) is 0 Å². The van der Waals surface area contributed by atoms with Crippen molar-refractivity contribution in [1.29, 1.82) is 0 Å². The smallest absolute Gasteiger partial charge is 0.315 e. The van der Waals surface area contributed by atoms with Gasteiger partial charge in [0.05, 0.1) is 0 Å². The summed E-state index contributed by atoms with van der Waals surface area (Å²) < 4.78 is 0. The Morgan fingerprint density at radius 3 is 2.55 bits per heavy atom. The Labute approximate surface area is 129 Å². The number of rotatable bonds is 6. The van der Waals surface area contributed by atoms with E-state index in [0.717, 1.165) is 12.8 Å². The predicted octanol–water partition coefficient (Wildman–Crippen LogP) is 0.619. The zero-order valence-corrected chi connectivity index (χ0v) is 12.5. The molecule has 120 valence electrons. The average molecular weight is 306 g/mol. The van der Waals surface area contributed by atoms with Gasteiger partial charge in [-0.25, -0.2) is 4.79 Å². The lowest BCUT2D eigenvalue weighted by Crippen LogP contribution is -2.44. The summed E-state index contributed by atoms with van der Waals surface area (Å²) in [6.07, 6.45) is 5.76. The van der Waals surface area contributed by atoms with Crippen LogP contribution in [0.5, 0.6) is 0 Å². The van der Waals surface area contributed by atoms with Gasteiger partial charge in [-0.05, 0) is 25.0 Å². The molecule has 0 aliphatic heterocycles. The number of nitrogens with two attached hydrogens (primary N) is 1. The van der Waals surface area contributed by atoms with E-state index >= 15 is 0 Å².